The number of oxazole rings is 1. The fraction of sp³-hybridized carbons (Fsp3) is 0.333. The number of aryl methyl sites for hydroxylation is 2. The molecule has 0 saturated carbocycles. The number of aromatic nitrogens is 1. The lowest BCUT2D eigenvalue weighted by atomic mass is 10.2. The minimum Gasteiger partial charge on any atom is -0.436 e. The van der Waals surface area contributed by atoms with E-state index < -0.39 is 0 Å². The van der Waals surface area contributed by atoms with E-state index in [-0.39, 0.29) is 5.91 Å². The number of rotatable bonds is 3. The molecule has 0 atom stereocenters. The van der Waals surface area contributed by atoms with Gasteiger partial charge < -0.3 is 15.1 Å². The van der Waals surface area contributed by atoms with Gasteiger partial charge in [0.25, 0.3) is 5.91 Å². The molecule has 2 N–H and O–H groups in total. The van der Waals surface area contributed by atoms with E-state index >= 15 is 0 Å². The third kappa shape index (κ3) is 3.72. The van der Waals surface area contributed by atoms with Crippen LogP contribution in [0.15, 0.2) is 15.9 Å². The summed E-state index contributed by atoms with van der Waals surface area (Å²) in [5, 5.41) is 1.99. The zero-order chi connectivity index (χ0) is 15.4. The smallest absolute Gasteiger partial charge is 0.291 e. The van der Waals surface area contributed by atoms with Gasteiger partial charge in [-0.2, -0.15) is 0 Å². The molecule has 0 bridgehead atoms. The molecule has 0 radical (unpaired) electrons. The van der Waals surface area contributed by atoms with Crippen LogP contribution < -0.4 is 5.73 Å². The molecule has 0 aromatic carbocycles. The molecule has 1 amide bonds. The molecule has 2 rings (SSSR count). The third-order valence-corrected chi connectivity index (χ3v) is 3.73. The topological polar surface area (TPSA) is 72.4 Å². The monoisotopic (exact) mass is 303 g/mol. The van der Waals surface area contributed by atoms with Crippen molar-refractivity contribution >= 4 is 17.2 Å². The lowest BCUT2D eigenvalue weighted by Gasteiger charge is -2.14. The van der Waals surface area contributed by atoms with Crippen LogP contribution in [0.2, 0.25) is 0 Å². The highest BCUT2D eigenvalue weighted by atomic mass is 32.1. The number of nitrogens with zero attached hydrogens (tertiary/aromatic N) is 2. The fourth-order valence-corrected chi connectivity index (χ4v) is 2.68. The first-order chi connectivity index (χ1) is 10.0. The van der Waals surface area contributed by atoms with E-state index in [0.717, 1.165) is 10.4 Å². The number of thiophene rings is 1. The van der Waals surface area contributed by atoms with Gasteiger partial charge in [0.2, 0.25) is 5.76 Å². The summed E-state index contributed by atoms with van der Waals surface area (Å²) in [5.41, 5.74) is 6.99. The number of amides is 1. The zero-order valence-electron chi connectivity index (χ0n) is 12.3. The maximum atomic E-state index is 12.3. The van der Waals surface area contributed by atoms with E-state index in [9.17, 15) is 4.79 Å². The van der Waals surface area contributed by atoms with Gasteiger partial charge in [-0.3, -0.25) is 4.79 Å². The van der Waals surface area contributed by atoms with Gasteiger partial charge >= 0.3 is 0 Å². The van der Waals surface area contributed by atoms with Crippen LogP contribution in [0.5, 0.6) is 0 Å². The molecular formula is C15H17N3O2S. The molecule has 2 aromatic heterocycles. The first kappa shape index (κ1) is 15.3. The SMILES string of the molecule is Cc1nc(C)c(C(=O)N(C)Cc2csc(C#CCN)c2)o1. The average Bonchev–Trinajstić information content (AvgIpc) is 3.02. The van der Waals surface area contributed by atoms with E-state index in [1.807, 2.05) is 11.4 Å². The van der Waals surface area contributed by atoms with Gasteiger partial charge in [-0.15, -0.1) is 11.3 Å². The highest BCUT2D eigenvalue weighted by Crippen LogP contribution is 2.17. The fourth-order valence-electron chi connectivity index (χ4n) is 1.91. The van der Waals surface area contributed by atoms with E-state index in [1.165, 1.54) is 0 Å². The summed E-state index contributed by atoms with van der Waals surface area (Å²) in [6, 6.07) is 1.97. The van der Waals surface area contributed by atoms with Crippen molar-refractivity contribution in [3.05, 3.63) is 39.2 Å². The Labute approximate surface area is 127 Å². The minimum absolute atomic E-state index is 0.172. The molecule has 0 aliphatic carbocycles. The summed E-state index contributed by atoms with van der Waals surface area (Å²) in [7, 11) is 1.74. The Morgan fingerprint density at radius 3 is 2.90 bits per heavy atom. The Morgan fingerprint density at radius 1 is 1.52 bits per heavy atom. The second kappa shape index (κ2) is 6.57. The molecule has 0 aliphatic heterocycles. The summed E-state index contributed by atoms with van der Waals surface area (Å²) < 4.78 is 5.36. The lowest BCUT2D eigenvalue weighted by molar-refractivity contribution is 0.0751. The number of hydrogen-bond acceptors (Lipinski definition) is 5. The van der Waals surface area contributed by atoms with E-state index in [1.54, 1.807) is 37.1 Å². The quantitative estimate of drug-likeness (QED) is 0.880. The highest BCUT2D eigenvalue weighted by molar-refractivity contribution is 7.10. The van der Waals surface area contributed by atoms with Gasteiger partial charge in [-0.05, 0) is 23.9 Å². The number of nitrogens with two attached hydrogens (primary N) is 1. The Kier molecular flexibility index (Phi) is 4.78. The van der Waals surface area contributed by atoms with Crippen molar-refractivity contribution in [1.82, 2.24) is 9.88 Å². The molecule has 0 fully saturated rings. The third-order valence-electron chi connectivity index (χ3n) is 2.83. The Hall–Kier alpha value is -2.10. The maximum Gasteiger partial charge on any atom is 0.291 e. The highest BCUT2D eigenvalue weighted by Gasteiger charge is 2.20. The van der Waals surface area contributed by atoms with Gasteiger partial charge in [0.1, 0.15) is 0 Å². The lowest BCUT2D eigenvalue weighted by Crippen LogP contribution is -2.26. The van der Waals surface area contributed by atoms with E-state index in [4.69, 9.17) is 10.2 Å². The van der Waals surface area contributed by atoms with E-state index in [2.05, 4.69) is 16.8 Å². The Bertz CT molecular complexity index is 706. The summed E-state index contributed by atoms with van der Waals surface area (Å²) in [6.45, 7) is 4.34. The summed E-state index contributed by atoms with van der Waals surface area (Å²) in [5.74, 6) is 6.42. The van der Waals surface area contributed by atoms with Gasteiger partial charge in [0, 0.05) is 20.5 Å². The summed E-state index contributed by atoms with van der Waals surface area (Å²) >= 11 is 1.54. The van der Waals surface area contributed by atoms with Crippen LogP contribution in [-0.4, -0.2) is 29.4 Å². The summed E-state index contributed by atoms with van der Waals surface area (Å²) in [4.78, 5) is 19.0. The molecule has 21 heavy (non-hydrogen) atoms. The van der Waals surface area contributed by atoms with Gasteiger partial charge in [-0.1, -0.05) is 11.8 Å². The van der Waals surface area contributed by atoms with Crippen LogP contribution in [0.3, 0.4) is 0 Å². The molecule has 0 spiro atoms. The van der Waals surface area contributed by atoms with Crippen molar-refractivity contribution in [2.45, 2.75) is 20.4 Å². The number of hydrogen-bond donors (Lipinski definition) is 1. The first-order valence-electron chi connectivity index (χ1n) is 6.47. The predicted molar refractivity (Wildman–Crippen MR) is 82.0 cm³/mol. The molecule has 0 aliphatic rings. The van der Waals surface area contributed by atoms with Crippen molar-refractivity contribution in [1.29, 1.82) is 0 Å². The molecule has 2 aromatic rings. The van der Waals surface area contributed by atoms with Crippen LogP contribution in [0.1, 0.15) is 32.6 Å². The number of carbonyl (C=O) groups excluding carboxylic acids is 1. The van der Waals surface area contributed by atoms with Gasteiger partial charge in [0.15, 0.2) is 5.89 Å². The van der Waals surface area contributed by atoms with Crippen molar-refractivity contribution in [3.8, 4) is 11.8 Å². The molecule has 110 valence electrons. The Morgan fingerprint density at radius 2 is 2.29 bits per heavy atom. The molecule has 5 nitrogen and oxygen atoms in total. The second-order valence-electron chi connectivity index (χ2n) is 4.63. The number of carbonyl (C=O) groups is 1. The zero-order valence-corrected chi connectivity index (χ0v) is 13.1. The second-order valence-corrected chi connectivity index (χ2v) is 5.54. The molecule has 0 unspecified atom stereocenters. The molecule has 0 saturated heterocycles. The normalized spacial score (nSPS) is 10.1. The molecular weight excluding hydrogens is 286 g/mol. The van der Waals surface area contributed by atoms with Crippen molar-refractivity contribution in [2.24, 2.45) is 5.73 Å². The first-order valence-corrected chi connectivity index (χ1v) is 7.35. The van der Waals surface area contributed by atoms with Crippen LogP contribution in [-0.2, 0) is 6.54 Å². The van der Waals surface area contributed by atoms with Crippen molar-refractivity contribution in [3.63, 3.8) is 0 Å². The average molecular weight is 303 g/mol. The van der Waals surface area contributed by atoms with Crippen molar-refractivity contribution < 1.29 is 9.21 Å². The van der Waals surface area contributed by atoms with Crippen LogP contribution >= 0.6 is 11.3 Å². The predicted octanol–water partition coefficient (Wildman–Crippen LogP) is 1.94. The maximum absolute atomic E-state index is 12.3. The molecule has 2 heterocycles. The largest absolute Gasteiger partial charge is 0.436 e. The van der Waals surface area contributed by atoms with Crippen LogP contribution in [0, 0.1) is 25.7 Å². The van der Waals surface area contributed by atoms with Crippen LogP contribution in [0.4, 0.5) is 0 Å². The van der Waals surface area contributed by atoms with Gasteiger partial charge in [-0.25, -0.2) is 4.98 Å². The summed E-state index contributed by atoms with van der Waals surface area (Å²) in [6.07, 6.45) is 0. The minimum atomic E-state index is -0.172. The van der Waals surface area contributed by atoms with Crippen molar-refractivity contribution in [2.75, 3.05) is 13.6 Å². The Balaban J connectivity index is 2.07. The standard InChI is InChI=1S/C15H17N3O2S/c1-10-14(20-11(2)17-10)15(19)18(3)8-12-7-13(21-9-12)5-4-6-16/h7,9H,6,8,16H2,1-3H3. The van der Waals surface area contributed by atoms with E-state index in [0.29, 0.717) is 30.4 Å². The van der Waals surface area contributed by atoms with Gasteiger partial charge in [0.05, 0.1) is 17.1 Å². The molecule has 6 heteroatoms. The van der Waals surface area contributed by atoms with Crippen LogP contribution in [0.25, 0.3) is 0 Å².